The molecule has 86 valence electrons. The minimum Gasteiger partial charge on any atom is -0.496 e. The molecule has 0 radical (unpaired) electrons. The molecule has 1 saturated carbocycles. The van der Waals surface area contributed by atoms with E-state index >= 15 is 0 Å². The summed E-state index contributed by atoms with van der Waals surface area (Å²) in [7, 11) is 1.59. The molecule has 1 N–H and O–H groups in total. The summed E-state index contributed by atoms with van der Waals surface area (Å²) in [5, 5.41) is 9.34. The fraction of sp³-hybridized carbons (Fsp3) is 0.462. The summed E-state index contributed by atoms with van der Waals surface area (Å²) in [5.41, 5.74) is 2.33. The van der Waals surface area contributed by atoms with Crippen molar-refractivity contribution in [1.29, 1.82) is 0 Å². The minimum absolute atomic E-state index is 0.693. The Balaban J connectivity index is 2.63. The molecular formula is C13H16O3. The molecule has 1 aliphatic rings. The predicted molar refractivity (Wildman–Crippen MR) is 61.0 cm³/mol. The Morgan fingerprint density at radius 3 is 2.44 bits per heavy atom. The summed E-state index contributed by atoms with van der Waals surface area (Å²) in [6, 6.07) is 3.83. The summed E-state index contributed by atoms with van der Waals surface area (Å²) in [6.07, 6.45) is 1.42. The van der Waals surface area contributed by atoms with Crippen LogP contribution in [0.25, 0.3) is 0 Å². The van der Waals surface area contributed by atoms with Gasteiger partial charge in [0.05, 0.1) is 12.5 Å². The lowest BCUT2D eigenvalue weighted by Crippen LogP contribution is -2.22. The average molecular weight is 220 g/mol. The molecule has 0 bridgehead atoms. The van der Waals surface area contributed by atoms with Gasteiger partial charge in [0, 0.05) is 5.56 Å². The first-order valence-corrected chi connectivity index (χ1v) is 5.41. The normalized spacial score (nSPS) is 16.9. The molecule has 3 heteroatoms. The van der Waals surface area contributed by atoms with Crippen LogP contribution in [0, 0.1) is 13.8 Å². The lowest BCUT2D eigenvalue weighted by Gasteiger charge is -2.19. The van der Waals surface area contributed by atoms with Crippen molar-refractivity contribution in [3.8, 4) is 5.75 Å². The van der Waals surface area contributed by atoms with Crippen LogP contribution in [0.4, 0.5) is 0 Å². The topological polar surface area (TPSA) is 46.5 Å². The van der Waals surface area contributed by atoms with Gasteiger partial charge in [0.1, 0.15) is 5.75 Å². The van der Waals surface area contributed by atoms with Crippen LogP contribution in [0.1, 0.15) is 29.5 Å². The van der Waals surface area contributed by atoms with Gasteiger partial charge in [-0.15, -0.1) is 0 Å². The third kappa shape index (κ3) is 1.39. The molecule has 0 saturated heterocycles. The first kappa shape index (κ1) is 11.0. The molecule has 0 heterocycles. The van der Waals surface area contributed by atoms with E-state index in [2.05, 4.69) is 0 Å². The Morgan fingerprint density at radius 2 is 2.00 bits per heavy atom. The fourth-order valence-corrected chi connectivity index (χ4v) is 2.25. The van der Waals surface area contributed by atoms with Gasteiger partial charge in [-0.1, -0.05) is 6.07 Å². The molecule has 1 fully saturated rings. The first-order chi connectivity index (χ1) is 7.53. The van der Waals surface area contributed by atoms with Gasteiger partial charge in [-0.3, -0.25) is 4.79 Å². The van der Waals surface area contributed by atoms with E-state index in [0.29, 0.717) is 18.6 Å². The van der Waals surface area contributed by atoms with Crippen molar-refractivity contribution >= 4 is 5.97 Å². The lowest BCUT2D eigenvalue weighted by atomic mass is 9.89. The molecule has 0 aliphatic heterocycles. The quantitative estimate of drug-likeness (QED) is 0.851. The van der Waals surface area contributed by atoms with Crippen LogP contribution in [0.2, 0.25) is 0 Å². The lowest BCUT2D eigenvalue weighted by molar-refractivity contribution is -0.140. The number of aliphatic carboxylic acids is 1. The summed E-state index contributed by atoms with van der Waals surface area (Å²) in [6.45, 7) is 3.96. The molecular weight excluding hydrogens is 204 g/mol. The van der Waals surface area contributed by atoms with Crippen molar-refractivity contribution in [2.75, 3.05) is 7.11 Å². The molecule has 2 rings (SSSR count). The van der Waals surface area contributed by atoms with Crippen LogP contribution in [0.3, 0.4) is 0 Å². The van der Waals surface area contributed by atoms with E-state index in [1.807, 2.05) is 26.0 Å². The SMILES string of the molecule is COc1ccc(C)c(C)c1C1(C(=O)O)CC1. The van der Waals surface area contributed by atoms with Crippen LogP contribution in [-0.4, -0.2) is 18.2 Å². The molecule has 16 heavy (non-hydrogen) atoms. The van der Waals surface area contributed by atoms with Gasteiger partial charge < -0.3 is 9.84 Å². The summed E-state index contributed by atoms with van der Waals surface area (Å²) >= 11 is 0. The highest BCUT2D eigenvalue weighted by molar-refractivity contribution is 5.86. The molecule has 0 atom stereocenters. The smallest absolute Gasteiger partial charge is 0.314 e. The Bertz CT molecular complexity index is 445. The highest BCUT2D eigenvalue weighted by Crippen LogP contribution is 2.53. The molecule has 0 amide bonds. The van der Waals surface area contributed by atoms with Crippen LogP contribution < -0.4 is 4.74 Å². The monoisotopic (exact) mass is 220 g/mol. The second-order valence-corrected chi connectivity index (χ2v) is 4.47. The Morgan fingerprint density at radius 1 is 1.38 bits per heavy atom. The van der Waals surface area contributed by atoms with E-state index in [0.717, 1.165) is 16.7 Å². The van der Waals surface area contributed by atoms with Gasteiger partial charge in [0.15, 0.2) is 0 Å². The van der Waals surface area contributed by atoms with Gasteiger partial charge in [0.25, 0.3) is 0 Å². The van der Waals surface area contributed by atoms with Crippen molar-refractivity contribution in [3.63, 3.8) is 0 Å². The van der Waals surface area contributed by atoms with E-state index in [9.17, 15) is 9.90 Å². The summed E-state index contributed by atoms with van der Waals surface area (Å²) in [5.74, 6) is -0.0394. The molecule has 0 aromatic heterocycles. The van der Waals surface area contributed by atoms with Crippen LogP contribution in [0.15, 0.2) is 12.1 Å². The number of methoxy groups -OCH3 is 1. The maximum Gasteiger partial charge on any atom is 0.314 e. The van der Waals surface area contributed by atoms with E-state index in [1.165, 1.54) is 0 Å². The van der Waals surface area contributed by atoms with Crippen LogP contribution in [-0.2, 0) is 10.2 Å². The fourth-order valence-electron chi connectivity index (χ4n) is 2.25. The van der Waals surface area contributed by atoms with Crippen molar-refractivity contribution < 1.29 is 14.6 Å². The molecule has 1 aromatic rings. The van der Waals surface area contributed by atoms with Crippen LogP contribution >= 0.6 is 0 Å². The van der Waals surface area contributed by atoms with Gasteiger partial charge >= 0.3 is 5.97 Å². The number of hydrogen-bond donors (Lipinski definition) is 1. The largest absolute Gasteiger partial charge is 0.496 e. The second-order valence-electron chi connectivity index (χ2n) is 4.47. The third-order valence-electron chi connectivity index (χ3n) is 3.56. The Kier molecular flexibility index (Phi) is 2.41. The summed E-state index contributed by atoms with van der Waals surface area (Å²) < 4.78 is 5.29. The summed E-state index contributed by atoms with van der Waals surface area (Å²) in [4.78, 5) is 11.4. The zero-order valence-electron chi connectivity index (χ0n) is 9.83. The number of benzene rings is 1. The number of aryl methyl sites for hydroxylation is 1. The second kappa shape index (κ2) is 3.51. The third-order valence-corrected chi connectivity index (χ3v) is 3.56. The van der Waals surface area contributed by atoms with E-state index < -0.39 is 11.4 Å². The van der Waals surface area contributed by atoms with Gasteiger partial charge in [0.2, 0.25) is 0 Å². The van der Waals surface area contributed by atoms with Crippen molar-refractivity contribution in [2.45, 2.75) is 32.1 Å². The Labute approximate surface area is 95.0 Å². The first-order valence-electron chi connectivity index (χ1n) is 5.41. The van der Waals surface area contributed by atoms with Crippen molar-refractivity contribution in [3.05, 3.63) is 28.8 Å². The molecule has 0 spiro atoms. The highest BCUT2D eigenvalue weighted by Gasteiger charge is 2.54. The number of carboxylic acid groups (broad SMARTS) is 1. The maximum absolute atomic E-state index is 11.4. The zero-order chi connectivity index (χ0) is 11.9. The molecule has 1 aliphatic carbocycles. The molecule has 0 unspecified atom stereocenters. The minimum atomic E-state index is -0.737. The van der Waals surface area contributed by atoms with Crippen molar-refractivity contribution in [2.24, 2.45) is 0 Å². The standard InChI is InChI=1S/C13H16O3/c1-8-4-5-10(16-3)11(9(8)2)13(6-7-13)12(14)15/h4-5H,6-7H2,1-3H3,(H,14,15). The van der Waals surface area contributed by atoms with Crippen LogP contribution in [0.5, 0.6) is 5.75 Å². The van der Waals surface area contributed by atoms with Gasteiger partial charge in [-0.2, -0.15) is 0 Å². The highest BCUT2D eigenvalue weighted by atomic mass is 16.5. The van der Waals surface area contributed by atoms with E-state index in [4.69, 9.17) is 4.74 Å². The maximum atomic E-state index is 11.4. The number of carboxylic acids is 1. The Hall–Kier alpha value is -1.51. The predicted octanol–water partition coefficient (Wildman–Crippen LogP) is 2.43. The van der Waals surface area contributed by atoms with E-state index in [-0.39, 0.29) is 0 Å². The van der Waals surface area contributed by atoms with Crippen molar-refractivity contribution in [1.82, 2.24) is 0 Å². The zero-order valence-corrected chi connectivity index (χ0v) is 9.83. The van der Waals surface area contributed by atoms with E-state index in [1.54, 1.807) is 7.11 Å². The number of ether oxygens (including phenoxy) is 1. The van der Waals surface area contributed by atoms with Gasteiger partial charge in [-0.05, 0) is 43.9 Å². The molecule has 3 nitrogen and oxygen atoms in total. The van der Waals surface area contributed by atoms with Gasteiger partial charge in [-0.25, -0.2) is 0 Å². The molecule has 1 aromatic carbocycles. The number of carbonyl (C=O) groups is 1. The number of rotatable bonds is 3. The average Bonchev–Trinajstić information content (AvgIpc) is 3.03. The number of hydrogen-bond acceptors (Lipinski definition) is 2.